The van der Waals surface area contributed by atoms with Gasteiger partial charge in [0.1, 0.15) is 0 Å². The van der Waals surface area contributed by atoms with Gasteiger partial charge in [0.05, 0.1) is 10.7 Å². The molecule has 0 unspecified atom stereocenters. The van der Waals surface area contributed by atoms with Crippen LogP contribution in [0.5, 0.6) is 0 Å². The van der Waals surface area contributed by atoms with E-state index in [9.17, 15) is 0 Å². The van der Waals surface area contributed by atoms with E-state index in [0.717, 1.165) is 23.2 Å². The molecule has 1 N–H and O–H groups in total. The van der Waals surface area contributed by atoms with Gasteiger partial charge in [0.25, 0.3) is 0 Å². The van der Waals surface area contributed by atoms with Crippen LogP contribution in [-0.4, -0.2) is 6.54 Å². The molecule has 0 heterocycles. The van der Waals surface area contributed by atoms with E-state index in [0.29, 0.717) is 0 Å². The Morgan fingerprint density at radius 3 is 2.69 bits per heavy atom. The number of halogens is 1. The Morgan fingerprint density at radius 1 is 1.25 bits per heavy atom. The maximum atomic E-state index is 6.18. The van der Waals surface area contributed by atoms with Crippen LogP contribution >= 0.6 is 11.6 Å². The second kappa shape index (κ2) is 5.58. The molecule has 1 fully saturated rings. The van der Waals surface area contributed by atoms with E-state index < -0.39 is 0 Å². The molecule has 0 amide bonds. The van der Waals surface area contributed by atoms with Gasteiger partial charge in [-0.15, -0.1) is 0 Å². The molecule has 1 aliphatic rings. The molecule has 1 aliphatic carbocycles. The van der Waals surface area contributed by atoms with Crippen molar-refractivity contribution in [1.29, 1.82) is 0 Å². The molecule has 0 aliphatic heterocycles. The average Bonchev–Trinajstić information content (AvgIpc) is 2.30. The summed E-state index contributed by atoms with van der Waals surface area (Å²) in [6, 6.07) is 6.07. The number of benzene rings is 1. The van der Waals surface area contributed by atoms with E-state index in [1.165, 1.54) is 37.7 Å². The summed E-state index contributed by atoms with van der Waals surface area (Å²) in [7, 11) is 0. The van der Waals surface area contributed by atoms with Gasteiger partial charge in [-0.05, 0) is 37.3 Å². The molecular formula is C14H20ClN. The molecule has 1 aromatic carbocycles. The van der Waals surface area contributed by atoms with Gasteiger partial charge in [-0.1, -0.05) is 43.0 Å². The van der Waals surface area contributed by atoms with Crippen LogP contribution in [0.4, 0.5) is 5.69 Å². The Hall–Kier alpha value is -0.690. The number of nitrogens with one attached hydrogen (secondary N) is 1. The highest BCUT2D eigenvalue weighted by atomic mass is 35.5. The highest BCUT2D eigenvalue weighted by Crippen LogP contribution is 2.28. The minimum atomic E-state index is 0.837. The Balaban J connectivity index is 1.93. The zero-order chi connectivity index (χ0) is 11.4. The van der Waals surface area contributed by atoms with Gasteiger partial charge in [-0.2, -0.15) is 0 Å². The van der Waals surface area contributed by atoms with E-state index in [4.69, 9.17) is 11.6 Å². The molecule has 0 bridgehead atoms. The second-order valence-electron chi connectivity index (χ2n) is 4.82. The number of anilines is 1. The van der Waals surface area contributed by atoms with Gasteiger partial charge in [-0.3, -0.25) is 0 Å². The van der Waals surface area contributed by atoms with Gasteiger partial charge >= 0.3 is 0 Å². The Bertz CT molecular complexity index is 322. The first kappa shape index (κ1) is 11.8. The third kappa shape index (κ3) is 2.91. The molecular weight excluding hydrogens is 218 g/mol. The normalized spacial score (nSPS) is 17.4. The lowest BCUT2D eigenvalue weighted by molar-refractivity contribution is 0.373. The fourth-order valence-electron chi connectivity index (χ4n) is 2.49. The highest BCUT2D eigenvalue weighted by Gasteiger charge is 2.13. The lowest BCUT2D eigenvalue weighted by Crippen LogP contribution is -2.17. The van der Waals surface area contributed by atoms with Crippen molar-refractivity contribution in [1.82, 2.24) is 0 Å². The fraction of sp³-hybridized carbons (Fsp3) is 0.571. The monoisotopic (exact) mass is 237 g/mol. The number of aryl methyl sites for hydroxylation is 1. The van der Waals surface area contributed by atoms with Crippen LogP contribution in [0.25, 0.3) is 0 Å². The fourth-order valence-corrected chi connectivity index (χ4v) is 2.78. The largest absolute Gasteiger partial charge is 0.383 e. The number of hydrogen-bond acceptors (Lipinski definition) is 1. The quantitative estimate of drug-likeness (QED) is 0.808. The molecule has 2 rings (SSSR count). The molecule has 0 aromatic heterocycles. The SMILES string of the molecule is Cc1cccc(Cl)c1NCC1CCCCC1. The highest BCUT2D eigenvalue weighted by molar-refractivity contribution is 6.33. The van der Waals surface area contributed by atoms with Gasteiger partial charge in [0.15, 0.2) is 0 Å². The zero-order valence-corrected chi connectivity index (χ0v) is 10.7. The van der Waals surface area contributed by atoms with Crippen molar-refractivity contribution < 1.29 is 0 Å². The first-order chi connectivity index (χ1) is 7.77. The van der Waals surface area contributed by atoms with Crippen LogP contribution in [-0.2, 0) is 0 Å². The van der Waals surface area contributed by atoms with Crippen molar-refractivity contribution in [2.75, 3.05) is 11.9 Å². The van der Waals surface area contributed by atoms with Crippen molar-refractivity contribution in [2.45, 2.75) is 39.0 Å². The van der Waals surface area contributed by atoms with E-state index in [1.54, 1.807) is 0 Å². The molecule has 1 saturated carbocycles. The van der Waals surface area contributed by atoms with Crippen molar-refractivity contribution in [3.8, 4) is 0 Å². The van der Waals surface area contributed by atoms with Crippen molar-refractivity contribution in [2.24, 2.45) is 5.92 Å². The minimum absolute atomic E-state index is 0.837. The third-order valence-corrected chi connectivity index (χ3v) is 3.83. The van der Waals surface area contributed by atoms with E-state index >= 15 is 0 Å². The second-order valence-corrected chi connectivity index (χ2v) is 5.22. The standard InChI is InChI=1S/C14H20ClN/c1-11-6-5-9-13(15)14(11)16-10-12-7-3-2-4-8-12/h5-6,9,12,16H,2-4,7-8,10H2,1H3. The van der Waals surface area contributed by atoms with E-state index in [2.05, 4.69) is 18.3 Å². The van der Waals surface area contributed by atoms with E-state index in [-0.39, 0.29) is 0 Å². The molecule has 1 aromatic rings. The Labute approximate surface area is 103 Å². The summed E-state index contributed by atoms with van der Waals surface area (Å²) in [5, 5.41) is 4.36. The summed E-state index contributed by atoms with van der Waals surface area (Å²) in [5.41, 5.74) is 2.36. The minimum Gasteiger partial charge on any atom is -0.383 e. The maximum Gasteiger partial charge on any atom is 0.0640 e. The predicted molar refractivity (Wildman–Crippen MR) is 71.3 cm³/mol. The van der Waals surface area contributed by atoms with Gasteiger partial charge in [0.2, 0.25) is 0 Å². The number of rotatable bonds is 3. The summed E-state index contributed by atoms with van der Waals surface area (Å²) >= 11 is 6.18. The summed E-state index contributed by atoms with van der Waals surface area (Å²) < 4.78 is 0. The summed E-state index contributed by atoms with van der Waals surface area (Å²) in [6.07, 6.45) is 6.95. The molecule has 0 atom stereocenters. The molecule has 0 spiro atoms. The van der Waals surface area contributed by atoms with Gasteiger partial charge < -0.3 is 5.32 Å². The third-order valence-electron chi connectivity index (χ3n) is 3.51. The molecule has 0 radical (unpaired) electrons. The molecule has 1 nitrogen and oxygen atoms in total. The zero-order valence-electron chi connectivity index (χ0n) is 9.93. The number of hydrogen-bond donors (Lipinski definition) is 1. The van der Waals surface area contributed by atoms with E-state index in [1.807, 2.05) is 12.1 Å². The summed E-state index contributed by atoms with van der Waals surface area (Å²) in [4.78, 5) is 0. The first-order valence-electron chi connectivity index (χ1n) is 6.26. The topological polar surface area (TPSA) is 12.0 Å². The Kier molecular flexibility index (Phi) is 4.11. The summed E-state index contributed by atoms with van der Waals surface area (Å²) in [6.45, 7) is 3.18. The lowest BCUT2D eigenvalue weighted by Gasteiger charge is -2.23. The van der Waals surface area contributed by atoms with Crippen molar-refractivity contribution in [3.05, 3.63) is 28.8 Å². The van der Waals surface area contributed by atoms with Crippen LogP contribution in [0.1, 0.15) is 37.7 Å². The molecule has 16 heavy (non-hydrogen) atoms. The number of para-hydroxylation sites is 1. The van der Waals surface area contributed by atoms with Gasteiger partial charge in [-0.25, -0.2) is 0 Å². The van der Waals surface area contributed by atoms with Crippen molar-refractivity contribution in [3.63, 3.8) is 0 Å². The Morgan fingerprint density at radius 2 is 2.00 bits per heavy atom. The van der Waals surface area contributed by atoms with Gasteiger partial charge in [0, 0.05) is 6.54 Å². The van der Waals surface area contributed by atoms with Crippen molar-refractivity contribution >= 4 is 17.3 Å². The van der Waals surface area contributed by atoms with Crippen LogP contribution < -0.4 is 5.32 Å². The maximum absolute atomic E-state index is 6.18. The van der Waals surface area contributed by atoms with Crippen LogP contribution in [0.3, 0.4) is 0 Å². The summed E-state index contributed by atoms with van der Waals surface area (Å²) in [5.74, 6) is 0.837. The first-order valence-corrected chi connectivity index (χ1v) is 6.64. The molecule has 2 heteroatoms. The smallest absolute Gasteiger partial charge is 0.0640 e. The van der Waals surface area contributed by atoms with Crippen LogP contribution in [0.15, 0.2) is 18.2 Å². The van der Waals surface area contributed by atoms with Crippen LogP contribution in [0, 0.1) is 12.8 Å². The average molecular weight is 238 g/mol. The predicted octanol–water partition coefficient (Wildman–Crippen LogP) is 4.64. The van der Waals surface area contributed by atoms with Crippen LogP contribution in [0.2, 0.25) is 5.02 Å². The molecule has 88 valence electrons. The molecule has 0 saturated heterocycles. The lowest BCUT2D eigenvalue weighted by atomic mass is 9.89.